The van der Waals surface area contributed by atoms with E-state index in [0.717, 1.165) is 0 Å². The van der Waals surface area contributed by atoms with Gasteiger partial charge in [0.25, 0.3) is 11.8 Å². The molecule has 5 nitrogen and oxygen atoms in total. The third-order valence-corrected chi connectivity index (χ3v) is 2.95. The van der Waals surface area contributed by atoms with Gasteiger partial charge in [0.1, 0.15) is 6.54 Å². The van der Waals surface area contributed by atoms with Crippen LogP contribution in [0.1, 0.15) is 37.0 Å². The van der Waals surface area contributed by atoms with Crippen LogP contribution >= 0.6 is 0 Å². The Morgan fingerprint density at radius 1 is 1.22 bits per heavy atom. The molecular weight excluding hydrogens is 311 g/mol. The second kappa shape index (κ2) is 6.02. The number of carbonyl (C=O) groups excluding carboxylic acids is 1. The van der Waals surface area contributed by atoms with Gasteiger partial charge in [-0.15, -0.1) is 0 Å². The molecule has 0 unspecified atom stereocenters. The van der Waals surface area contributed by atoms with Crippen LogP contribution in [0.5, 0.6) is 0 Å². The lowest BCUT2D eigenvalue weighted by molar-refractivity contribution is -0.123. The number of alkyl halides is 3. The molecule has 0 bridgehead atoms. The number of amides is 1. The summed E-state index contributed by atoms with van der Waals surface area (Å²) in [5.41, 5.74) is -0.0223. The van der Waals surface area contributed by atoms with E-state index in [-0.39, 0.29) is 22.4 Å². The van der Waals surface area contributed by atoms with Gasteiger partial charge in [-0.05, 0) is 12.1 Å². The number of halogens is 3. The van der Waals surface area contributed by atoms with E-state index in [1.165, 1.54) is 6.07 Å². The molecule has 1 heterocycles. The largest absolute Gasteiger partial charge is 0.405 e. The number of nitrogens with zero attached hydrogens (tertiary/aromatic N) is 2. The topological polar surface area (TPSA) is 68.0 Å². The molecule has 1 aromatic carbocycles. The van der Waals surface area contributed by atoms with Crippen LogP contribution in [0.4, 0.5) is 13.2 Å². The number of benzene rings is 1. The highest BCUT2D eigenvalue weighted by atomic mass is 19.4. The monoisotopic (exact) mass is 327 g/mol. The average Bonchev–Trinajstić information content (AvgIpc) is 2.93. The molecule has 1 aromatic heterocycles. The van der Waals surface area contributed by atoms with E-state index < -0.39 is 18.6 Å². The molecule has 124 valence electrons. The second-order valence-electron chi connectivity index (χ2n) is 6.02. The van der Waals surface area contributed by atoms with Crippen molar-refractivity contribution in [3.63, 3.8) is 0 Å². The van der Waals surface area contributed by atoms with E-state index in [1.54, 1.807) is 18.2 Å². The summed E-state index contributed by atoms with van der Waals surface area (Å²) in [4.78, 5) is 16.2. The van der Waals surface area contributed by atoms with Crippen LogP contribution in [0.2, 0.25) is 0 Å². The van der Waals surface area contributed by atoms with Gasteiger partial charge in [0.15, 0.2) is 5.82 Å². The van der Waals surface area contributed by atoms with E-state index in [1.807, 2.05) is 26.1 Å². The van der Waals surface area contributed by atoms with Crippen LogP contribution in [0.25, 0.3) is 11.5 Å². The summed E-state index contributed by atoms with van der Waals surface area (Å²) in [5.74, 6) is -0.320. The number of carbonyl (C=O) groups is 1. The minimum absolute atomic E-state index is 0.0425. The lowest BCUT2D eigenvalue weighted by atomic mass is 9.96. The Hall–Kier alpha value is -2.38. The summed E-state index contributed by atoms with van der Waals surface area (Å²) in [6.07, 6.45) is -4.48. The van der Waals surface area contributed by atoms with Crippen molar-refractivity contribution < 1.29 is 22.5 Å². The van der Waals surface area contributed by atoms with E-state index in [4.69, 9.17) is 4.52 Å². The molecule has 0 radical (unpaired) electrons. The van der Waals surface area contributed by atoms with Gasteiger partial charge in [0.05, 0.1) is 11.1 Å². The summed E-state index contributed by atoms with van der Waals surface area (Å²) >= 11 is 0. The molecular formula is C15H16F3N3O2. The second-order valence-corrected chi connectivity index (χ2v) is 6.02. The maximum absolute atomic E-state index is 12.2. The molecule has 0 spiro atoms. The quantitative estimate of drug-likeness (QED) is 0.939. The first-order valence-electron chi connectivity index (χ1n) is 6.86. The fourth-order valence-electron chi connectivity index (χ4n) is 1.78. The molecule has 8 heteroatoms. The molecule has 0 saturated carbocycles. The van der Waals surface area contributed by atoms with Crippen molar-refractivity contribution in [1.82, 2.24) is 15.5 Å². The maximum Gasteiger partial charge on any atom is 0.405 e. The van der Waals surface area contributed by atoms with Crippen molar-refractivity contribution in [2.45, 2.75) is 32.4 Å². The van der Waals surface area contributed by atoms with Gasteiger partial charge in [0.2, 0.25) is 0 Å². The first-order chi connectivity index (χ1) is 10.6. The number of hydrogen-bond acceptors (Lipinski definition) is 4. The van der Waals surface area contributed by atoms with Crippen LogP contribution in [-0.4, -0.2) is 28.8 Å². The molecule has 1 amide bonds. The summed E-state index contributed by atoms with van der Waals surface area (Å²) in [6, 6.07) is 6.13. The van der Waals surface area contributed by atoms with Crippen LogP contribution in [0.3, 0.4) is 0 Å². The minimum atomic E-state index is -4.48. The molecule has 2 aromatic rings. The molecule has 0 aliphatic heterocycles. The minimum Gasteiger partial charge on any atom is -0.343 e. The number of aromatic nitrogens is 2. The Morgan fingerprint density at radius 2 is 1.87 bits per heavy atom. The van der Waals surface area contributed by atoms with Gasteiger partial charge in [-0.1, -0.05) is 38.1 Å². The fourth-order valence-corrected chi connectivity index (χ4v) is 1.78. The summed E-state index contributed by atoms with van der Waals surface area (Å²) in [6.45, 7) is 4.27. The van der Waals surface area contributed by atoms with E-state index in [0.29, 0.717) is 5.82 Å². The van der Waals surface area contributed by atoms with Gasteiger partial charge in [-0.3, -0.25) is 4.79 Å². The highest BCUT2D eigenvalue weighted by molar-refractivity contribution is 5.99. The maximum atomic E-state index is 12.2. The molecule has 0 aliphatic rings. The van der Waals surface area contributed by atoms with E-state index >= 15 is 0 Å². The highest BCUT2D eigenvalue weighted by Gasteiger charge is 2.29. The zero-order chi connectivity index (χ0) is 17.3. The van der Waals surface area contributed by atoms with Crippen LogP contribution in [0, 0.1) is 0 Å². The number of hydrogen-bond donors (Lipinski definition) is 1. The normalized spacial score (nSPS) is 12.3. The molecule has 23 heavy (non-hydrogen) atoms. The molecule has 0 saturated heterocycles. The molecule has 2 rings (SSSR count). The Kier molecular flexibility index (Phi) is 4.44. The van der Waals surface area contributed by atoms with Gasteiger partial charge >= 0.3 is 6.18 Å². The van der Waals surface area contributed by atoms with Crippen molar-refractivity contribution in [3.8, 4) is 11.5 Å². The average molecular weight is 327 g/mol. The van der Waals surface area contributed by atoms with E-state index in [9.17, 15) is 18.0 Å². The fraction of sp³-hybridized carbons (Fsp3) is 0.400. The zero-order valence-corrected chi connectivity index (χ0v) is 12.9. The SMILES string of the molecule is CC(C)(C)c1noc(-c2ccccc2C(=O)NCC(F)(F)F)n1. The molecule has 0 fully saturated rings. The first-order valence-corrected chi connectivity index (χ1v) is 6.86. The predicted molar refractivity (Wildman–Crippen MR) is 76.8 cm³/mol. The van der Waals surface area contributed by atoms with Crippen molar-refractivity contribution >= 4 is 5.91 Å². The number of rotatable bonds is 3. The Morgan fingerprint density at radius 3 is 2.43 bits per heavy atom. The summed E-state index contributed by atoms with van der Waals surface area (Å²) in [7, 11) is 0. The highest BCUT2D eigenvalue weighted by Crippen LogP contribution is 2.26. The standard InChI is InChI=1S/C15H16F3N3O2/c1-14(2,3)13-20-12(23-21-13)10-7-5-4-6-9(10)11(22)19-8-15(16,17)18/h4-7H,8H2,1-3H3,(H,19,22). The van der Waals surface area contributed by atoms with Gasteiger partial charge in [-0.25, -0.2) is 0 Å². The summed E-state index contributed by atoms with van der Waals surface area (Å²) in [5, 5.41) is 5.68. The Balaban J connectivity index is 2.31. The van der Waals surface area contributed by atoms with Crippen molar-refractivity contribution in [2.75, 3.05) is 6.54 Å². The zero-order valence-electron chi connectivity index (χ0n) is 12.9. The van der Waals surface area contributed by atoms with Crippen molar-refractivity contribution in [1.29, 1.82) is 0 Å². The molecule has 1 N–H and O–H groups in total. The first kappa shape index (κ1) is 17.0. The van der Waals surface area contributed by atoms with Crippen LogP contribution < -0.4 is 5.32 Å². The van der Waals surface area contributed by atoms with Gasteiger partial charge in [0, 0.05) is 5.41 Å². The van der Waals surface area contributed by atoms with Crippen molar-refractivity contribution in [2.24, 2.45) is 0 Å². The molecule has 0 aliphatic carbocycles. The lowest BCUT2D eigenvalue weighted by Crippen LogP contribution is -2.33. The predicted octanol–water partition coefficient (Wildman–Crippen LogP) is 3.33. The number of nitrogens with one attached hydrogen (secondary N) is 1. The van der Waals surface area contributed by atoms with Gasteiger partial charge < -0.3 is 9.84 Å². The van der Waals surface area contributed by atoms with E-state index in [2.05, 4.69) is 10.1 Å². The smallest absolute Gasteiger partial charge is 0.343 e. The van der Waals surface area contributed by atoms with Gasteiger partial charge in [-0.2, -0.15) is 18.2 Å². The Bertz CT molecular complexity index is 702. The van der Waals surface area contributed by atoms with Crippen LogP contribution in [-0.2, 0) is 5.41 Å². The lowest BCUT2D eigenvalue weighted by Gasteiger charge is -2.11. The third kappa shape index (κ3) is 4.30. The molecule has 0 atom stereocenters. The third-order valence-electron chi connectivity index (χ3n) is 2.95. The van der Waals surface area contributed by atoms with Crippen molar-refractivity contribution in [3.05, 3.63) is 35.7 Å². The Labute approximate surface area is 130 Å². The van der Waals surface area contributed by atoms with Crippen LogP contribution in [0.15, 0.2) is 28.8 Å². The summed E-state index contributed by atoms with van der Waals surface area (Å²) < 4.78 is 41.9.